The molecule has 134 valence electrons. The molecular weight excluding hydrogens is 344 g/mol. The SMILES string of the molecule is O=C(Nc1cc(F)cc(OC(F)(F)F)c1)Nc1ccccc1CCO. The Kier molecular flexibility index (Phi) is 5.81. The van der Waals surface area contributed by atoms with Gasteiger partial charge in [-0.15, -0.1) is 13.2 Å². The van der Waals surface area contributed by atoms with Gasteiger partial charge in [0.05, 0.1) is 0 Å². The van der Waals surface area contributed by atoms with Gasteiger partial charge in [0.15, 0.2) is 0 Å². The molecule has 0 aromatic heterocycles. The summed E-state index contributed by atoms with van der Waals surface area (Å²) in [5.41, 5.74) is 0.870. The molecule has 2 aromatic rings. The topological polar surface area (TPSA) is 70.6 Å². The van der Waals surface area contributed by atoms with E-state index in [0.717, 1.165) is 12.1 Å². The van der Waals surface area contributed by atoms with Crippen LogP contribution in [0.3, 0.4) is 0 Å². The fourth-order valence-corrected chi connectivity index (χ4v) is 2.09. The molecule has 2 rings (SSSR count). The second-order valence-electron chi connectivity index (χ2n) is 4.93. The highest BCUT2D eigenvalue weighted by molar-refractivity contribution is 6.00. The minimum atomic E-state index is -4.98. The molecule has 0 atom stereocenters. The first kappa shape index (κ1) is 18.5. The Morgan fingerprint density at radius 2 is 1.84 bits per heavy atom. The van der Waals surface area contributed by atoms with Crippen molar-refractivity contribution in [2.45, 2.75) is 12.8 Å². The quantitative estimate of drug-likeness (QED) is 0.710. The molecule has 0 saturated heterocycles. The molecule has 25 heavy (non-hydrogen) atoms. The van der Waals surface area contributed by atoms with Crippen LogP contribution in [0.5, 0.6) is 5.75 Å². The molecule has 0 bridgehead atoms. The van der Waals surface area contributed by atoms with E-state index >= 15 is 0 Å². The van der Waals surface area contributed by atoms with Crippen molar-refractivity contribution in [3.05, 3.63) is 53.8 Å². The van der Waals surface area contributed by atoms with Crippen LogP contribution >= 0.6 is 0 Å². The maximum atomic E-state index is 13.4. The lowest BCUT2D eigenvalue weighted by atomic mass is 10.1. The van der Waals surface area contributed by atoms with Crippen LogP contribution in [-0.2, 0) is 6.42 Å². The maximum Gasteiger partial charge on any atom is 0.573 e. The molecular formula is C16H14F4N2O3. The zero-order valence-electron chi connectivity index (χ0n) is 12.7. The van der Waals surface area contributed by atoms with Gasteiger partial charge in [0.25, 0.3) is 0 Å². The number of para-hydroxylation sites is 1. The van der Waals surface area contributed by atoms with E-state index in [1.54, 1.807) is 24.3 Å². The number of anilines is 2. The lowest BCUT2D eigenvalue weighted by molar-refractivity contribution is -0.274. The number of ether oxygens (including phenoxy) is 1. The van der Waals surface area contributed by atoms with Crippen molar-refractivity contribution in [1.29, 1.82) is 0 Å². The van der Waals surface area contributed by atoms with Crippen molar-refractivity contribution in [3.63, 3.8) is 0 Å². The normalized spacial score (nSPS) is 11.1. The van der Waals surface area contributed by atoms with E-state index in [1.807, 2.05) is 0 Å². The summed E-state index contributed by atoms with van der Waals surface area (Å²) in [6.45, 7) is -0.123. The summed E-state index contributed by atoms with van der Waals surface area (Å²) in [6, 6.07) is 8.13. The number of alkyl halides is 3. The number of hydrogen-bond acceptors (Lipinski definition) is 3. The minimum absolute atomic E-state index is 0.123. The first-order chi connectivity index (χ1) is 11.8. The Labute approximate surface area is 140 Å². The molecule has 0 spiro atoms. The molecule has 3 N–H and O–H groups in total. The first-order valence-corrected chi connectivity index (χ1v) is 7.10. The van der Waals surface area contributed by atoms with Crippen LogP contribution < -0.4 is 15.4 Å². The summed E-state index contributed by atoms with van der Waals surface area (Å²) in [5, 5.41) is 13.7. The third-order valence-electron chi connectivity index (χ3n) is 3.01. The molecule has 9 heteroatoms. The average Bonchev–Trinajstić information content (AvgIpc) is 2.47. The molecule has 0 unspecified atom stereocenters. The van der Waals surface area contributed by atoms with Crippen molar-refractivity contribution >= 4 is 17.4 Å². The summed E-state index contributed by atoms with van der Waals surface area (Å²) in [4.78, 5) is 12.0. The van der Waals surface area contributed by atoms with Crippen LogP contribution in [0.4, 0.5) is 33.7 Å². The largest absolute Gasteiger partial charge is 0.573 e. The molecule has 0 fully saturated rings. The van der Waals surface area contributed by atoms with Gasteiger partial charge >= 0.3 is 12.4 Å². The van der Waals surface area contributed by atoms with Crippen molar-refractivity contribution in [3.8, 4) is 5.75 Å². The Hall–Kier alpha value is -2.81. The van der Waals surface area contributed by atoms with Crippen molar-refractivity contribution in [2.75, 3.05) is 17.2 Å². The third kappa shape index (κ3) is 5.96. The van der Waals surface area contributed by atoms with E-state index in [4.69, 9.17) is 5.11 Å². The number of urea groups is 1. The zero-order chi connectivity index (χ0) is 18.4. The number of aliphatic hydroxyl groups is 1. The molecule has 2 amide bonds. The van der Waals surface area contributed by atoms with E-state index in [0.29, 0.717) is 23.7 Å². The van der Waals surface area contributed by atoms with Gasteiger partial charge in [0.2, 0.25) is 0 Å². The second kappa shape index (κ2) is 7.84. The fourth-order valence-electron chi connectivity index (χ4n) is 2.09. The molecule has 0 aliphatic heterocycles. The number of carbonyl (C=O) groups is 1. The number of carbonyl (C=O) groups excluding carboxylic acids is 1. The van der Waals surface area contributed by atoms with Gasteiger partial charge in [-0.05, 0) is 24.1 Å². The number of nitrogens with one attached hydrogen (secondary N) is 2. The number of benzene rings is 2. The Morgan fingerprint density at radius 1 is 1.12 bits per heavy atom. The average molecular weight is 358 g/mol. The number of amides is 2. The number of hydrogen-bond donors (Lipinski definition) is 3. The molecule has 0 radical (unpaired) electrons. The summed E-state index contributed by atoms with van der Waals surface area (Å²) < 4.78 is 53.7. The summed E-state index contributed by atoms with van der Waals surface area (Å²) >= 11 is 0. The molecule has 0 heterocycles. The van der Waals surface area contributed by atoms with E-state index in [2.05, 4.69) is 15.4 Å². The highest BCUT2D eigenvalue weighted by Crippen LogP contribution is 2.26. The molecule has 2 aromatic carbocycles. The highest BCUT2D eigenvalue weighted by Gasteiger charge is 2.31. The van der Waals surface area contributed by atoms with E-state index in [1.165, 1.54) is 0 Å². The standard InChI is InChI=1S/C16H14F4N2O3/c17-11-7-12(9-13(8-11)25-16(18,19)20)21-15(24)22-14-4-2-1-3-10(14)5-6-23/h1-4,7-9,23H,5-6H2,(H2,21,22,24). The molecule has 5 nitrogen and oxygen atoms in total. The molecule has 0 aliphatic rings. The molecule has 0 aliphatic carbocycles. The van der Waals surface area contributed by atoms with Gasteiger partial charge in [-0.2, -0.15) is 0 Å². The van der Waals surface area contributed by atoms with Gasteiger partial charge in [0.1, 0.15) is 11.6 Å². The van der Waals surface area contributed by atoms with E-state index < -0.39 is 24.0 Å². The van der Waals surface area contributed by atoms with Gasteiger partial charge in [-0.3, -0.25) is 0 Å². The van der Waals surface area contributed by atoms with E-state index in [9.17, 15) is 22.4 Å². The minimum Gasteiger partial charge on any atom is -0.406 e. The smallest absolute Gasteiger partial charge is 0.406 e. The predicted molar refractivity (Wildman–Crippen MR) is 83.0 cm³/mol. The summed E-state index contributed by atoms with van der Waals surface area (Å²) in [5.74, 6) is -1.79. The summed E-state index contributed by atoms with van der Waals surface area (Å²) in [6.07, 6.45) is -4.67. The van der Waals surface area contributed by atoms with E-state index in [-0.39, 0.29) is 12.3 Å². The number of aliphatic hydroxyl groups excluding tert-OH is 1. The first-order valence-electron chi connectivity index (χ1n) is 7.10. The lowest BCUT2D eigenvalue weighted by Gasteiger charge is -2.13. The van der Waals surface area contributed by atoms with Gasteiger partial charge in [-0.25, -0.2) is 9.18 Å². The van der Waals surface area contributed by atoms with Gasteiger partial charge in [0, 0.05) is 30.1 Å². The lowest BCUT2D eigenvalue weighted by Crippen LogP contribution is -2.21. The third-order valence-corrected chi connectivity index (χ3v) is 3.01. The number of rotatable bonds is 5. The second-order valence-corrected chi connectivity index (χ2v) is 4.93. The monoisotopic (exact) mass is 358 g/mol. The van der Waals surface area contributed by atoms with Crippen molar-refractivity contribution in [1.82, 2.24) is 0 Å². The van der Waals surface area contributed by atoms with Crippen LogP contribution in [0, 0.1) is 5.82 Å². The van der Waals surface area contributed by atoms with Crippen molar-refractivity contribution in [2.24, 2.45) is 0 Å². The maximum absolute atomic E-state index is 13.4. The predicted octanol–water partition coefficient (Wildman–Crippen LogP) is 3.90. The fraction of sp³-hybridized carbons (Fsp3) is 0.188. The number of halogens is 4. The van der Waals surface area contributed by atoms with Crippen LogP contribution in [0.25, 0.3) is 0 Å². The Bertz CT molecular complexity index is 750. The van der Waals surface area contributed by atoms with Crippen molar-refractivity contribution < 1.29 is 32.2 Å². The Balaban J connectivity index is 2.10. The highest BCUT2D eigenvalue weighted by atomic mass is 19.4. The van der Waals surface area contributed by atoms with Crippen LogP contribution in [0.2, 0.25) is 0 Å². The Morgan fingerprint density at radius 3 is 2.52 bits per heavy atom. The van der Waals surface area contributed by atoms with Crippen LogP contribution in [0.1, 0.15) is 5.56 Å². The van der Waals surface area contributed by atoms with Gasteiger partial charge in [-0.1, -0.05) is 18.2 Å². The van der Waals surface area contributed by atoms with Crippen LogP contribution in [-0.4, -0.2) is 24.1 Å². The summed E-state index contributed by atoms with van der Waals surface area (Å²) in [7, 11) is 0. The molecule has 0 saturated carbocycles. The van der Waals surface area contributed by atoms with Gasteiger partial charge < -0.3 is 20.5 Å². The zero-order valence-corrected chi connectivity index (χ0v) is 12.7. The van der Waals surface area contributed by atoms with Crippen LogP contribution in [0.15, 0.2) is 42.5 Å².